The van der Waals surface area contributed by atoms with Gasteiger partial charge in [-0.15, -0.1) is 5.10 Å². The van der Waals surface area contributed by atoms with Crippen LogP contribution in [0.3, 0.4) is 0 Å². The first kappa shape index (κ1) is 9.65. The first-order valence-corrected chi connectivity index (χ1v) is 5.10. The summed E-state index contributed by atoms with van der Waals surface area (Å²) < 4.78 is 1.72. The minimum absolute atomic E-state index is 0.238. The zero-order chi connectivity index (χ0) is 10.3. The molecule has 2 atom stereocenters. The average Bonchev–Trinajstić information content (AvgIpc) is 2.51. The minimum Gasteiger partial charge on any atom is -0.327 e. The maximum absolute atomic E-state index is 6.12. The highest BCUT2D eigenvalue weighted by Crippen LogP contribution is 2.53. The predicted molar refractivity (Wildman–Crippen MR) is 54.6 cm³/mol. The van der Waals surface area contributed by atoms with Gasteiger partial charge in [-0.2, -0.15) is 0 Å². The fraction of sp³-hybridized carbons (Fsp3) is 0.800. The van der Waals surface area contributed by atoms with E-state index < -0.39 is 0 Å². The molecule has 1 aromatic rings. The van der Waals surface area contributed by atoms with Gasteiger partial charge in [0.1, 0.15) is 0 Å². The molecule has 4 heteroatoms. The molecule has 1 heterocycles. The summed E-state index contributed by atoms with van der Waals surface area (Å²) in [5.41, 5.74) is 7.57. The number of nitrogens with zero attached hydrogens (tertiary/aromatic N) is 3. The van der Waals surface area contributed by atoms with Crippen molar-refractivity contribution >= 4 is 0 Å². The molecular weight excluding hydrogens is 176 g/mol. The Morgan fingerprint density at radius 3 is 2.79 bits per heavy atom. The molecule has 14 heavy (non-hydrogen) atoms. The second-order valence-electron chi connectivity index (χ2n) is 5.05. The molecule has 1 aromatic heterocycles. The van der Waals surface area contributed by atoms with Crippen LogP contribution < -0.4 is 5.73 Å². The molecule has 0 radical (unpaired) electrons. The fourth-order valence-electron chi connectivity index (χ4n) is 2.11. The Kier molecular flexibility index (Phi) is 2.10. The van der Waals surface area contributed by atoms with Crippen LogP contribution in [-0.2, 0) is 13.5 Å². The van der Waals surface area contributed by atoms with E-state index >= 15 is 0 Å². The van der Waals surface area contributed by atoms with Crippen LogP contribution in [0, 0.1) is 11.3 Å². The highest BCUT2D eigenvalue weighted by Gasteiger charge is 2.48. The van der Waals surface area contributed by atoms with Gasteiger partial charge in [0.2, 0.25) is 0 Å². The highest BCUT2D eigenvalue weighted by atomic mass is 15.4. The molecule has 78 valence electrons. The zero-order valence-electron chi connectivity index (χ0n) is 9.07. The van der Waals surface area contributed by atoms with Crippen molar-refractivity contribution < 1.29 is 0 Å². The molecule has 2 N–H and O–H groups in total. The van der Waals surface area contributed by atoms with Crippen molar-refractivity contribution in [3.8, 4) is 0 Å². The van der Waals surface area contributed by atoms with Gasteiger partial charge in [0.25, 0.3) is 0 Å². The van der Waals surface area contributed by atoms with Crippen LogP contribution in [0.25, 0.3) is 0 Å². The van der Waals surface area contributed by atoms with Gasteiger partial charge >= 0.3 is 0 Å². The van der Waals surface area contributed by atoms with Crippen LogP contribution in [0.5, 0.6) is 0 Å². The van der Waals surface area contributed by atoms with Gasteiger partial charge < -0.3 is 5.73 Å². The Morgan fingerprint density at radius 1 is 1.71 bits per heavy atom. The molecule has 2 unspecified atom stereocenters. The smallest absolute Gasteiger partial charge is 0.0842 e. The van der Waals surface area contributed by atoms with E-state index in [0.29, 0.717) is 11.3 Å². The number of nitrogens with two attached hydrogens (primary N) is 1. The second-order valence-corrected chi connectivity index (χ2v) is 5.05. The molecule has 1 saturated carbocycles. The summed E-state index contributed by atoms with van der Waals surface area (Å²) in [7, 11) is 1.88. The standard InChI is InChI=1S/C10H18N4/c1-10(2)5-8(10)9(11)4-7-6-14(3)13-12-7/h6,8-9H,4-5,11H2,1-3H3. The number of hydrogen-bond acceptors (Lipinski definition) is 3. The van der Waals surface area contributed by atoms with E-state index in [1.54, 1.807) is 4.68 Å². The summed E-state index contributed by atoms with van der Waals surface area (Å²) in [5, 5.41) is 7.94. The molecule has 4 nitrogen and oxygen atoms in total. The predicted octanol–water partition coefficient (Wildman–Crippen LogP) is 0.731. The Labute approximate surface area is 84.5 Å². The van der Waals surface area contributed by atoms with Gasteiger partial charge in [-0.3, -0.25) is 4.68 Å². The first-order chi connectivity index (χ1) is 6.49. The lowest BCUT2D eigenvalue weighted by Crippen LogP contribution is -2.27. The van der Waals surface area contributed by atoms with Crippen molar-refractivity contribution in [3.05, 3.63) is 11.9 Å². The van der Waals surface area contributed by atoms with Crippen molar-refractivity contribution in [1.29, 1.82) is 0 Å². The number of rotatable bonds is 3. The van der Waals surface area contributed by atoms with Crippen molar-refractivity contribution in [2.45, 2.75) is 32.7 Å². The topological polar surface area (TPSA) is 56.7 Å². The zero-order valence-corrected chi connectivity index (χ0v) is 9.07. The first-order valence-electron chi connectivity index (χ1n) is 5.10. The quantitative estimate of drug-likeness (QED) is 0.771. The van der Waals surface area contributed by atoms with E-state index in [1.165, 1.54) is 6.42 Å². The summed E-state index contributed by atoms with van der Waals surface area (Å²) >= 11 is 0. The molecule has 1 aliphatic rings. The summed E-state index contributed by atoms with van der Waals surface area (Å²) in [6.45, 7) is 4.54. The van der Waals surface area contributed by atoms with Crippen LogP contribution in [0.2, 0.25) is 0 Å². The van der Waals surface area contributed by atoms with E-state index in [0.717, 1.165) is 12.1 Å². The Hall–Kier alpha value is -0.900. The molecule has 0 amide bonds. The second kappa shape index (κ2) is 3.05. The Balaban J connectivity index is 1.93. The maximum atomic E-state index is 6.12. The third-order valence-corrected chi connectivity index (χ3v) is 3.20. The van der Waals surface area contributed by atoms with Crippen molar-refractivity contribution in [2.24, 2.45) is 24.1 Å². The van der Waals surface area contributed by atoms with Crippen LogP contribution in [-0.4, -0.2) is 21.0 Å². The van der Waals surface area contributed by atoms with Gasteiger partial charge in [0.05, 0.1) is 5.69 Å². The van der Waals surface area contributed by atoms with E-state index in [-0.39, 0.29) is 6.04 Å². The summed E-state index contributed by atoms with van der Waals surface area (Å²) in [6.07, 6.45) is 4.03. The average molecular weight is 194 g/mol. The third-order valence-electron chi connectivity index (χ3n) is 3.20. The number of aromatic nitrogens is 3. The van der Waals surface area contributed by atoms with E-state index in [2.05, 4.69) is 24.2 Å². The van der Waals surface area contributed by atoms with E-state index in [9.17, 15) is 0 Å². The molecule has 0 spiro atoms. The van der Waals surface area contributed by atoms with Crippen molar-refractivity contribution in [3.63, 3.8) is 0 Å². The van der Waals surface area contributed by atoms with Crippen LogP contribution in [0.1, 0.15) is 26.0 Å². The fourth-order valence-corrected chi connectivity index (χ4v) is 2.11. The summed E-state index contributed by atoms with van der Waals surface area (Å²) in [5.74, 6) is 0.657. The molecular formula is C10H18N4. The van der Waals surface area contributed by atoms with Crippen LogP contribution in [0.15, 0.2) is 6.20 Å². The number of aryl methyl sites for hydroxylation is 1. The van der Waals surface area contributed by atoms with Gasteiger partial charge in [-0.25, -0.2) is 0 Å². The molecule has 0 bridgehead atoms. The molecule has 1 fully saturated rings. The van der Waals surface area contributed by atoms with E-state index in [1.807, 2.05) is 13.2 Å². The Morgan fingerprint density at radius 2 is 2.36 bits per heavy atom. The third kappa shape index (κ3) is 1.80. The van der Waals surface area contributed by atoms with Gasteiger partial charge in [0, 0.05) is 25.7 Å². The van der Waals surface area contributed by atoms with E-state index in [4.69, 9.17) is 5.73 Å². The molecule has 0 aromatic carbocycles. The molecule has 1 aliphatic carbocycles. The summed E-state index contributed by atoms with van der Waals surface area (Å²) in [6, 6.07) is 0.238. The normalized spacial score (nSPS) is 26.1. The largest absolute Gasteiger partial charge is 0.327 e. The summed E-state index contributed by atoms with van der Waals surface area (Å²) in [4.78, 5) is 0. The van der Waals surface area contributed by atoms with Gasteiger partial charge in [0.15, 0.2) is 0 Å². The maximum Gasteiger partial charge on any atom is 0.0842 e. The minimum atomic E-state index is 0.238. The van der Waals surface area contributed by atoms with Crippen LogP contribution >= 0.6 is 0 Å². The molecule has 0 saturated heterocycles. The highest BCUT2D eigenvalue weighted by molar-refractivity contribution is 5.05. The lowest BCUT2D eigenvalue weighted by atomic mass is 10.0. The SMILES string of the molecule is Cn1cc(CC(N)C2CC2(C)C)nn1. The molecule has 2 rings (SSSR count). The molecule has 0 aliphatic heterocycles. The van der Waals surface area contributed by atoms with Crippen molar-refractivity contribution in [2.75, 3.05) is 0 Å². The van der Waals surface area contributed by atoms with Crippen molar-refractivity contribution in [1.82, 2.24) is 15.0 Å². The lowest BCUT2D eigenvalue weighted by Gasteiger charge is -2.11. The van der Waals surface area contributed by atoms with Gasteiger partial charge in [-0.05, 0) is 17.8 Å². The number of hydrogen-bond donors (Lipinski definition) is 1. The van der Waals surface area contributed by atoms with Crippen LogP contribution in [0.4, 0.5) is 0 Å². The monoisotopic (exact) mass is 194 g/mol. The lowest BCUT2D eigenvalue weighted by molar-refractivity contribution is 0.473. The van der Waals surface area contributed by atoms with Gasteiger partial charge in [-0.1, -0.05) is 19.1 Å². The Bertz CT molecular complexity index is 329.